The zero-order chi connectivity index (χ0) is 16.7. The van der Waals surface area contributed by atoms with E-state index in [-0.39, 0.29) is 24.5 Å². The third kappa shape index (κ3) is 4.66. The van der Waals surface area contributed by atoms with Crippen molar-refractivity contribution >= 4 is 11.6 Å². The predicted molar refractivity (Wildman–Crippen MR) is 92.4 cm³/mol. The summed E-state index contributed by atoms with van der Waals surface area (Å²) in [6.45, 7) is 3.08. The molecule has 0 spiro atoms. The summed E-state index contributed by atoms with van der Waals surface area (Å²) < 4.78 is 5.64. The van der Waals surface area contributed by atoms with Gasteiger partial charge in [-0.25, -0.2) is 0 Å². The van der Waals surface area contributed by atoms with Crippen LogP contribution in [0, 0.1) is 5.92 Å². The van der Waals surface area contributed by atoms with E-state index in [2.05, 4.69) is 13.0 Å². The van der Waals surface area contributed by atoms with Gasteiger partial charge in [-0.1, -0.05) is 31.2 Å². The van der Waals surface area contributed by atoms with Crippen LogP contribution in [0.2, 0.25) is 0 Å². The van der Waals surface area contributed by atoms with E-state index in [0.29, 0.717) is 12.8 Å². The SMILES string of the molecule is CO[C@H](c1ccc(N2CCCCC2=O)cc1)[C@H](C)/C=C/CCO. The lowest BCUT2D eigenvalue weighted by Crippen LogP contribution is -2.35. The summed E-state index contributed by atoms with van der Waals surface area (Å²) >= 11 is 0. The van der Waals surface area contributed by atoms with E-state index in [1.54, 1.807) is 7.11 Å². The fourth-order valence-electron chi connectivity index (χ4n) is 3.06. The van der Waals surface area contributed by atoms with Crippen molar-refractivity contribution in [1.29, 1.82) is 0 Å². The van der Waals surface area contributed by atoms with E-state index >= 15 is 0 Å². The minimum Gasteiger partial charge on any atom is -0.396 e. The first kappa shape index (κ1) is 17.7. The van der Waals surface area contributed by atoms with Gasteiger partial charge in [-0.15, -0.1) is 0 Å². The Balaban J connectivity index is 2.08. The molecule has 126 valence electrons. The van der Waals surface area contributed by atoms with Gasteiger partial charge in [0.1, 0.15) is 0 Å². The lowest BCUT2D eigenvalue weighted by molar-refractivity contribution is -0.119. The maximum atomic E-state index is 12.0. The summed E-state index contributed by atoms with van der Waals surface area (Å²) in [5.41, 5.74) is 2.07. The van der Waals surface area contributed by atoms with Crippen LogP contribution in [-0.4, -0.2) is 31.3 Å². The van der Waals surface area contributed by atoms with Gasteiger partial charge in [0, 0.05) is 38.3 Å². The minimum absolute atomic E-state index is 0.0314. The molecule has 1 saturated heterocycles. The second-order valence-electron chi connectivity index (χ2n) is 6.05. The number of aliphatic hydroxyl groups is 1. The van der Waals surface area contributed by atoms with Gasteiger partial charge in [0.05, 0.1) is 6.10 Å². The Morgan fingerprint density at radius 2 is 2.04 bits per heavy atom. The van der Waals surface area contributed by atoms with Crippen LogP contribution in [-0.2, 0) is 9.53 Å². The number of carbonyl (C=O) groups excluding carboxylic acids is 1. The highest BCUT2D eigenvalue weighted by molar-refractivity contribution is 5.93. The number of rotatable bonds is 7. The highest BCUT2D eigenvalue weighted by Crippen LogP contribution is 2.29. The Labute approximate surface area is 138 Å². The van der Waals surface area contributed by atoms with E-state index in [4.69, 9.17) is 9.84 Å². The van der Waals surface area contributed by atoms with Crippen molar-refractivity contribution in [2.75, 3.05) is 25.2 Å². The van der Waals surface area contributed by atoms with Crippen molar-refractivity contribution in [2.45, 2.75) is 38.7 Å². The number of amides is 1. The molecule has 1 aliphatic rings. The first-order valence-electron chi connectivity index (χ1n) is 8.38. The zero-order valence-corrected chi connectivity index (χ0v) is 14.1. The molecule has 1 fully saturated rings. The van der Waals surface area contributed by atoms with Gasteiger partial charge in [-0.2, -0.15) is 0 Å². The Morgan fingerprint density at radius 3 is 2.65 bits per heavy atom. The molecule has 0 unspecified atom stereocenters. The molecule has 0 aliphatic carbocycles. The molecule has 1 N–H and O–H groups in total. The summed E-state index contributed by atoms with van der Waals surface area (Å²) in [6.07, 6.45) is 7.41. The van der Waals surface area contributed by atoms with Gasteiger partial charge in [0.25, 0.3) is 0 Å². The number of anilines is 1. The molecule has 2 rings (SSSR count). The molecule has 1 heterocycles. The van der Waals surface area contributed by atoms with Crippen molar-refractivity contribution in [3.8, 4) is 0 Å². The van der Waals surface area contributed by atoms with Crippen molar-refractivity contribution in [1.82, 2.24) is 0 Å². The van der Waals surface area contributed by atoms with Crippen LogP contribution in [0.5, 0.6) is 0 Å². The number of methoxy groups -OCH3 is 1. The second kappa shape index (κ2) is 8.85. The number of aliphatic hydroxyl groups excluding tert-OH is 1. The number of hydrogen-bond donors (Lipinski definition) is 1. The lowest BCUT2D eigenvalue weighted by atomic mass is 9.96. The van der Waals surface area contributed by atoms with Crippen molar-refractivity contribution < 1.29 is 14.6 Å². The Hall–Kier alpha value is -1.65. The molecule has 0 radical (unpaired) electrons. The van der Waals surface area contributed by atoms with E-state index in [0.717, 1.165) is 30.6 Å². The van der Waals surface area contributed by atoms with Crippen LogP contribution in [0.25, 0.3) is 0 Å². The molecule has 4 nitrogen and oxygen atoms in total. The van der Waals surface area contributed by atoms with Gasteiger partial charge in [-0.05, 0) is 37.0 Å². The van der Waals surface area contributed by atoms with Gasteiger partial charge < -0.3 is 14.7 Å². The lowest BCUT2D eigenvalue weighted by Gasteiger charge is -2.27. The summed E-state index contributed by atoms with van der Waals surface area (Å²) in [4.78, 5) is 13.9. The van der Waals surface area contributed by atoms with Crippen LogP contribution in [0.4, 0.5) is 5.69 Å². The summed E-state index contributed by atoms with van der Waals surface area (Å²) in [5.74, 6) is 0.432. The van der Waals surface area contributed by atoms with Crippen LogP contribution >= 0.6 is 0 Å². The molecule has 23 heavy (non-hydrogen) atoms. The van der Waals surface area contributed by atoms with Gasteiger partial charge >= 0.3 is 0 Å². The quantitative estimate of drug-likeness (QED) is 0.784. The number of benzene rings is 1. The van der Waals surface area contributed by atoms with Crippen molar-refractivity contribution in [2.24, 2.45) is 5.92 Å². The average molecular weight is 317 g/mol. The van der Waals surface area contributed by atoms with E-state index < -0.39 is 0 Å². The maximum Gasteiger partial charge on any atom is 0.226 e. The van der Waals surface area contributed by atoms with E-state index in [1.807, 2.05) is 35.2 Å². The fourth-order valence-corrected chi connectivity index (χ4v) is 3.06. The molecular formula is C19H27NO3. The monoisotopic (exact) mass is 317 g/mol. The first-order valence-corrected chi connectivity index (χ1v) is 8.38. The Morgan fingerprint density at radius 1 is 1.30 bits per heavy atom. The standard InChI is InChI=1S/C19H27NO3/c1-15(7-4-6-14-21)19(23-2)16-9-11-17(12-10-16)20-13-5-3-8-18(20)22/h4,7,9-12,15,19,21H,3,5-6,8,13-14H2,1-2H3/b7-4+/t15-,19+/m1/s1. The normalized spacial score (nSPS) is 18.4. The predicted octanol–water partition coefficient (Wildman–Crippen LogP) is 3.47. The third-order valence-electron chi connectivity index (χ3n) is 4.32. The highest BCUT2D eigenvalue weighted by atomic mass is 16.5. The van der Waals surface area contributed by atoms with Crippen LogP contribution in [0.1, 0.15) is 44.3 Å². The average Bonchev–Trinajstić information content (AvgIpc) is 2.57. The van der Waals surface area contributed by atoms with Crippen LogP contribution in [0.15, 0.2) is 36.4 Å². The van der Waals surface area contributed by atoms with Crippen molar-refractivity contribution in [3.05, 3.63) is 42.0 Å². The number of hydrogen-bond acceptors (Lipinski definition) is 3. The Bertz CT molecular complexity index is 524. The molecule has 0 saturated carbocycles. The smallest absolute Gasteiger partial charge is 0.226 e. The molecule has 4 heteroatoms. The number of ether oxygens (including phenoxy) is 1. The molecule has 1 amide bonds. The second-order valence-corrected chi connectivity index (χ2v) is 6.05. The third-order valence-corrected chi connectivity index (χ3v) is 4.32. The van der Waals surface area contributed by atoms with Gasteiger partial charge in [-0.3, -0.25) is 4.79 Å². The highest BCUT2D eigenvalue weighted by Gasteiger charge is 2.21. The minimum atomic E-state index is -0.0314. The summed E-state index contributed by atoms with van der Waals surface area (Å²) in [7, 11) is 1.71. The largest absolute Gasteiger partial charge is 0.396 e. The Kier molecular flexibility index (Phi) is 6.81. The molecule has 0 aromatic heterocycles. The zero-order valence-electron chi connectivity index (χ0n) is 14.1. The molecule has 1 aliphatic heterocycles. The molecule has 1 aromatic carbocycles. The van der Waals surface area contributed by atoms with Crippen LogP contribution in [0.3, 0.4) is 0 Å². The van der Waals surface area contributed by atoms with E-state index in [1.165, 1.54) is 0 Å². The molecule has 2 atom stereocenters. The van der Waals surface area contributed by atoms with Gasteiger partial charge in [0.2, 0.25) is 5.91 Å². The number of nitrogens with zero attached hydrogens (tertiary/aromatic N) is 1. The molecular weight excluding hydrogens is 290 g/mol. The molecule has 0 bridgehead atoms. The molecule has 1 aromatic rings. The number of carbonyl (C=O) groups is 1. The van der Waals surface area contributed by atoms with Gasteiger partial charge in [0.15, 0.2) is 0 Å². The fraction of sp³-hybridized carbons (Fsp3) is 0.526. The first-order chi connectivity index (χ1) is 11.2. The maximum absolute atomic E-state index is 12.0. The summed E-state index contributed by atoms with van der Waals surface area (Å²) in [6, 6.07) is 8.10. The van der Waals surface area contributed by atoms with Crippen molar-refractivity contribution in [3.63, 3.8) is 0 Å². The number of piperidine rings is 1. The topological polar surface area (TPSA) is 49.8 Å². The summed E-state index contributed by atoms with van der Waals surface area (Å²) in [5, 5.41) is 8.85. The van der Waals surface area contributed by atoms with Crippen LogP contribution < -0.4 is 4.90 Å². The van der Waals surface area contributed by atoms with E-state index in [9.17, 15) is 4.79 Å².